The predicted octanol–water partition coefficient (Wildman–Crippen LogP) is 2.04. The first-order chi connectivity index (χ1) is 9.52. The molecular weight excluding hydrogens is 274 g/mol. The number of nitrogens with zero attached hydrogens (tertiary/aromatic N) is 2. The van der Waals surface area contributed by atoms with E-state index in [1.54, 1.807) is 4.68 Å². The summed E-state index contributed by atoms with van der Waals surface area (Å²) in [5.41, 5.74) is 8.53. The Bertz CT molecular complexity index is 600. The zero-order chi connectivity index (χ0) is 14.3. The highest BCUT2D eigenvalue weighted by Crippen LogP contribution is 2.38. The highest BCUT2D eigenvalue weighted by molar-refractivity contribution is 7.91. The van der Waals surface area contributed by atoms with Crippen LogP contribution in [0.15, 0.2) is 0 Å². The molecule has 6 heteroatoms. The van der Waals surface area contributed by atoms with Gasteiger partial charge in [-0.15, -0.1) is 0 Å². The van der Waals surface area contributed by atoms with Crippen LogP contribution >= 0.6 is 0 Å². The van der Waals surface area contributed by atoms with Gasteiger partial charge in [0.05, 0.1) is 23.2 Å². The van der Waals surface area contributed by atoms with Crippen LogP contribution in [0.3, 0.4) is 0 Å². The Morgan fingerprint density at radius 3 is 2.55 bits per heavy atom. The van der Waals surface area contributed by atoms with Crippen molar-refractivity contribution in [2.75, 3.05) is 17.2 Å². The maximum Gasteiger partial charge on any atom is 0.152 e. The van der Waals surface area contributed by atoms with Crippen LogP contribution in [0.1, 0.15) is 62.2 Å². The van der Waals surface area contributed by atoms with Crippen molar-refractivity contribution in [3.63, 3.8) is 0 Å². The Morgan fingerprint density at radius 2 is 2.00 bits per heavy atom. The van der Waals surface area contributed by atoms with Crippen molar-refractivity contribution in [1.82, 2.24) is 9.78 Å². The number of nitrogens with two attached hydrogens (primary N) is 1. The van der Waals surface area contributed by atoms with Gasteiger partial charge in [-0.05, 0) is 25.7 Å². The van der Waals surface area contributed by atoms with E-state index in [0.29, 0.717) is 18.2 Å². The molecular formula is C14H23N3O2S. The first-order valence-electron chi connectivity index (χ1n) is 7.59. The Labute approximate surface area is 120 Å². The van der Waals surface area contributed by atoms with Crippen LogP contribution in [0.4, 0.5) is 5.82 Å². The molecule has 2 N–H and O–H groups in total. The average Bonchev–Trinajstić information content (AvgIpc) is 3.08. The topological polar surface area (TPSA) is 78.0 Å². The van der Waals surface area contributed by atoms with Crippen molar-refractivity contribution in [3.8, 4) is 0 Å². The molecule has 0 spiro atoms. The van der Waals surface area contributed by atoms with Gasteiger partial charge in [0.15, 0.2) is 9.84 Å². The lowest BCUT2D eigenvalue weighted by Gasteiger charge is -2.10. The Hall–Kier alpha value is -1.04. The van der Waals surface area contributed by atoms with Crippen LogP contribution < -0.4 is 5.73 Å². The summed E-state index contributed by atoms with van der Waals surface area (Å²) >= 11 is 0. The summed E-state index contributed by atoms with van der Waals surface area (Å²) in [7, 11) is -2.91. The minimum Gasteiger partial charge on any atom is -0.384 e. The quantitative estimate of drug-likeness (QED) is 0.926. The fraction of sp³-hybridized carbons (Fsp3) is 0.786. The first-order valence-corrected chi connectivity index (χ1v) is 9.41. The van der Waals surface area contributed by atoms with Gasteiger partial charge in [0, 0.05) is 11.5 Å². The highest BCUT2D eigenvalue weighted by atomic mass is 32.2. The Morgan fingerprint density at radius 1 is 1.30 bits per heavy atom. The molecule has 1 atom stereocenters. The van der Waals surface area contributed by atoms with Crippen LogP contribution in [-0.4, -0.2) is 29.7 Å². The van der Waals surface area contributed by atoms with Crippen molar-refractivity contribution >= 4 is 15.7 Å². The van der Waals surface area contributed by atoms with Gasteiger partial charge >= 0.3 is 0 Å². The smallest absolute Gasteiger partial charge is 0.152 e. The van der Waals surface area contributed by atoms with E-state index in [1.165, 1.54) is 25.7 Å². The fourth-order valence-corrected chi connectivity index (χ4v) is 5.33. The van der Waals surface area contributed by atoms with Crippen LogP contribution in [0.2, 0.25) is 0 Å². The molecule has 0 aromatic carbocycles. The number of hydrogen-bond acceptors (Lipinski definition) is 4. The largest absolute Gasteiger partial charge is 0.384 e. The van der Waals surface area contributed by atoms with E-state index < -0.39 is 9.84 Å². The van der Waals surface area contributed by atoms with Crippen molar-refractivity contribution in [1.29, 1.82) is 0 Å². The van der Waals surface area contributed by atoms with Gasteiger partial charge in [-0.3, -0.25) is 0 Å². The van der Waals surface area contributed by atoms with Gasteiger partial charge in [0.25, 0.3) is 0 Å². The number of hydrogen-bond donors (Lipinski definition) is 1. The Kier molecular flexibility index (Phi) is 3.52. The summed E-state index contributed by atoms with van der Waals surface area (Å²) in [6.45, 7) is 2.10. The highest BCUT2D eigenvalue weighted by Gasteiger charge is 2.33. The van der Waals surface area contributed by atoms with E-state index in [2.05, 4.69) is 6.92 Å². The minimum absolute atomic E-state index is 0.0690. The van der Waals surface area contributed by atoms with E-state index in [1.807, 2.05) is 0 Å². The molecule has 1 aliphatic heterocycles. The maximum atomic E-state index is 11.7. The third kappa shape index (κ3) is 2.34. The van der Waals surface area contributed by atoms with Crippen LogP contribution in [0.25, 0.3) is 0 Å². The Balaban J connectivity index is 1.96. The first kappa shape index (κ1) is 13.9. The van der Waals surface area contributed by atoms with Gasteiger partial charge in [-0.1, -0.05) is 19.8 Å². The second kappa shape index (κ2) is 5.06. The van der Waals surface area contributed by atoms with E-state index >= 15 is 0 Å². The molecule has 1 aliphatic carbocycles. The lowest BCUT2D eigenvalue weighted by molar-refractivity contribution is 0.495. The number of anilines is 1. The molecule has 1 saturated heterocycles. The lowest BCUT2D eigenvalue weighted by atomic mass is 9.99. The molecule has 112 valence electrons. The van der Waals surface area contributed by atoms with E-state index in [4.69, 9.17) is 10.8 Å². The summed E-state index contributed by atoms with van der Waals surface area (Å²) in [5, 5.41) is 4.74. The van der Waals surface area contributed by atoms with Crippen LogP contribution in [-0.2, 0) is 16.3 Å². The molecule has 0 radical (unpaired) electrons. The van der Waals surface area contributed by atoms with Crippen molar-refractivity contribution in [2.24, 2.45) is 0 Å². The summed E-state index contributed by atoms with van der Waals surface area (Å²) < 4.78 is 25.1. The molecule has 1 aromatic heterocycles. The van der Waals surface area contributed by atoms with Crippen LogP contribution in [0, 0.1) is 0 Å². The normalized spacial score (nSPS) is 26.4. The molecule has 1 aromatic rings. The van der Waals surface area contributed by atoms with E-state index in [0.717, 1.165) is 17.7 Å². The van der Waals surface area contributed by atoms with Crippen molar-refractivity contribution in [2.45, 2.75) is 57.4 Å². The fourth-order valence-electron chi connectivity index (χ4n) is 3.64. The molecule has 20 heavy (non-hydrogen) atoms. The molecule has 1 saturated carbocycles. The van der Waals surface area contributed by atoms with E-state index in [-0.39, 0.29) is 17.5 Å². The van der Waals surface area contributed by atoms with Crippen molar-refractivity contribution in [3.05, 3.63) is 11.3 Å². The SMILES string of the molecule is CCc1c(C2CCCC2)nn(C2CCS(=O)(=O)C2)c1N. The van der Waals surface area contributed by atoms with Crippen LogP contribution in [0.5, 0.6) is 0 Å². The monoisotopic (exact) mass is 297 g/mol. The molecule has 1 unspecified atom stereocenters. The lowest BCUT2D eigenvalue weighted by Crippen LogP contribution is -2.15. The van der Waals surface area contributed by atoms with Gasteiger partial charge < -0.3 is 5.73 Å². The standard InChI is InChI=1S/C14H23N3O2S/c1-2-12-13(10-5-3-4-6-10)16-17(14(12)15)11-7-8-20(18,19)9-11/h10-11H,2-9,15H2,1H3. The molecule has 3 rings (SSSR count). The number of rotatable bonds is 3. The van der Waals surface area contributed by atoms with E-state index in [9.17, 15) is 8.42 Å². The zero-order valence-electron chi connectivity index (χ0n) is 12.0. The predicted molar refractivity (Wildman–Crippen MR) is 79.5 cm³/mol. The molecule has 5 nitrogen and oxygen atoms in total. The summed E-state index contributed by atoms with van der Waals surface area (Å²) in [5.74, 6) is 1.66. The third-order valence-electron chi connectivity index (χ3n) is 4.73. The van der Waals surface area contributed by atoms with Gasteiger partial charge in [0.2, 0.25) is 0 Å². The number of sulfone groups is 1. The van der Waals surface area contributed by atoms with Crippen molar-refractivity contribution < 1.29 is 8.42 Å². The van der Waals surface area contributed by atoms with Gasteiger partial charge in [-0.25, -0.2) is 13.1 Å². The van der Waals surface area contributed by atoms with Gasteiger partial charge in [0.1, 0.15) is 5.82 Å². The zero-order valence-corrected chi connectivity index (χ0v) is 12.8. The molecule has 2 fully saturated rings. The molecule has 2 heterocycles. The molecule has 0 bridgehead atoms. The summed E-state index contributed by atoms with van der Waals surface area (Å²) in [6, 6.07) is -0.0690. The molecule has 0 amide bonds. The number of nitrogen functional groups attached to an aromatic ring is 1. The maximum absolute atomic E-state index is 11.7. The minimum atomic E-state index is -2.91. The summed E-state index contributed by atoms with van der Waals surface area (Å²) in [4.78, 5) is 0. The number of aromatic nitrogens is 2. The van der Waals surface area contributed by atoms with Gasteiger partial charge in [-0.2, -0.15) is 5.10 Å². The average molecular weight is 297 g/mol. The summed E-state index contributed by atoms with van der Waals surface area (Å²) in [6.07, 6.45) is 6.41. The molecule has 2 aliphatic rings. The second-order valence-corrected chi connectivity index (χ2v) is 8.31. The second-order valence-electron chi connectivity index (χ2n) is 6.09. The third-order valence-corrected chi connectivity index (χ3v) is 6.48.